The first-order chi connectivity index (χ1) is 9.60. The van der Waals surface area contributed by atoms with Crippen molar-refractivity contribution in [3.05, 3.63) is 38.9 Å². The zero-order valence-electron chi connectivity index (χ0n) is 11.4. The SMILES string of the molecule is NCCC1CCCN(Cc2ccc(Cl)cc2[N+](=O)[O-])C1. The van der Waals surface area contributed by atoms with Crippen LogP contribution in [0.5, 0.6) is 0 Å². The molecule has 1 atom stereocenters. The van der Waals surface area contributed by atoms with Gasteiger partial charge < -0.3 is 5.73 Å². The van der Waals surface area contributed by atoms with Gasteiger partial charge in [-0.1, -0.05) is 11.6 Å². The normalized spacial score (nSPS) is 20.0. The number of hydrogen-bond donors (Lipinski definition) is 1. The number of halogens is 1. The Labute approximate surface area is 123 Å². The van der Waals surface area contributed by atoms with Gasteiger partial charge in [0.25, 0.3) is 5.69 Å². The zero-order chi connectivity index (χ0) is 14.5. The van der Waals surface area contributed by atoms with Crippen LogP contribution in [0.2, 0.25) is 5.02 Å². The molecule has 1 saturated heterocycles. The molecule has 20 heavy (non-hydrogen) atoms. The molecule has 1 aliphatic heterocycles. The smallest absolute Gasteiger partial charge is 0.275 e. The van der Waals surface area contributed by atoms with Gasteiger partial charge >= 0.3 is 0 Å². The summed E-state index contributed by atoms with van der Waals surface area (Å²) in [5, 5.41) is 11.5. The summed E-state index contributed by atoms with van der Waals surface area (Å²) >= 11 is 5.84. The van der Waals surface area contributed by atoms with Crippen molar-refractivity contribution in [3.8, 4) is 0 Å². The van der Waals surface area contributed by atoms with Crippen LogP contribution in [-0.4, -0.2) is 29.5 Å². The Morgan fingerprint density at radius 3 is 3.00 bits per heavy atom. The molecule has 2 N–H and O–H groups in total. The quantitative estimate of drug-likeness (QED) is 0.670. The number of nitro groups is 1. The van der Waals surface area contributed by atoms with Crippen molar-refractivity contribution in [2.24, 2.45) is 11.7 Å². The third-order valence-electron chi connectivity index (χ3n) is 3.82. The predicted molar refractivity (Wildman–Crippen MR) is 79.8 cm³/mol. The van der Waals surface area contributed by atoms with E-state index in [0.29, 0.717) is 24.0 Å². The van der Waals surface area contributed by atoms with Gasteiger partial charge in [-0.15, -0.1) is 0 Å². The molecule has 0 aromatic heterocycles. The fraction of sp³-hybridized carbons (Fsp3) is 0.571. The van der Waals surface area contributed by atoms with Crippen molar-refractivity contribution < 1.29 is 4.92 Å². The summed E-state index contributed by atoms with van der Waals surface area (Å²) < 4.78 is 0. The summed E-state index contributed by atoms with van der Waals surface area (Å²) in [6.45, 7) is 3.27. The Kier molecular flexibility index (Phi) is 5.34. The van der Waals surface area contributed by atoms with Gasteiger partial charge in [-0.25, -0.2) is 0 Å². The molecule has 1 heterocycles. The Balaban J connectivity index is 2.07. The molecular formula is C14H20ClN3O2. The molecule has 0 bridgehead atoms. The van der Waals surface area contributed by atoms with Crippen LogP contribution >= 0.6 is 11.6 Å². The highest BCUT2D eigenvalue weighted by Gasteiger charge is 2.22. The van der Waals surface area contributed by atoms with Crippen LogP contribution in [0, 0.1) is 16.0 Å². The van der Waals surface area contributed by atoms with Crippen molar-refractivity contribution in [2.75, 3.05) is 19.6 Å². The lowest BCUT2D eigenvalue weighted by Crippen LogP contribution is -2.35. The molecule has 1 aliphatic rings. The number of rotatable bonds is 5. The van der Waals surface area contributed by atoms with E-state index >= 15 is 0 Å². The summed E-state index contributed by atoms with van der Waals surface area (Å²) in [5.74, 6) is 0.611. The Hall–Kier alpha value is -1.17. The van der Waals surface area contributed by atoms with Gasteiger partial charge in [-0.2, -0.15) is 0 Å². The number of hydrogen-bond acceptors (Lipinski definition) is 4. The summed E-state index contributed by atoms with van der Waals surface area (Å²) in [4.78, 5) is 13.0. The first-order valence-corrected chi connectivity index (χ1v) is 7.33. The molecular weight excluding hydrogens is 278 g/mol. The molecule has 0 aliphatic carbocycles. The minimum absolute atomic E-state index is 0.110. The second kappa shape index (κ2) is 7.02. The van der Waals surface area contributed by atoms with Crippen molar-refractivity contribution in [1.82, 2.24) is 4.90 Å². The van der Waals surface area contributed by atoms with Crippen molar-refractivity contribution >= 4 is 17.3 Å². The maximum atomic E-state index is 11.1. The average Bonchev–Trinajstić information content (AvgIpc) is 2.41. The van der Waals surface area contributed by atoms with E-state index in [0.717, 1.165) is 31.5 Å². The average molecular weight is 298 g/mol. The van der Waals surface area contributed by atoms with E-state index in [1.165, 1.54) is 12.5 Å². The molecule has 5 nitrogen and oxygen atoms in total. The van der Waals surface area contributed by atoms with Gasteiger partial charge in [0.1, 0.15) is 0 Å². The monoisotopic (exact) mass is 297 g/mol. The van der Waals surface area contributed by atoms with Gasteiger partial charge in [0.05, 0.1) is 4.92 Å². The van der Waals surface area contributed by atoms with Crippen molar-refractivity contribution in [1.29, 1.82) is 0 Å². The topological polar surface area (TPSA) is 72.4 Å². The number of nitro benzene ring substituents is 1. The van der Waals surface area contributed by atoms with Crippen LogP contribution in [0.4, 0.5) is 5.69 Å². The number of likely N-dealkylation sites (tertiary alicyclic amines) is 1. The standard InChI is InChI=1S/C14H20ClN3O2/c15-13-4-3-12(14(8-13)18(19)20)10-17-7-1-2-11(9-17)5-6-16/h3-4,8,11H,1-2,5-7,9-10,16H2. The molecule has 1 fully saturated rings. The van der Waals surface area contributed by atoms with Gasteiger partial charge in [0.2, 0.25) is 0 Å². The largest absolute Gasteiger partial charge is 0.330 e. The second-order valence-electron chi connectivity index (χ2n) is 5.35. The minimum atomic E-state index is -0.359. The Morgan fingerprint density at radius 1 is 1.50 bits per heavy atom. The zero-order valence-corrected chi connectivity index (χ0v) is 12.2. The maximum Gasteiger partial charge on any atom is 0.275 e. The van der Waals surface area contributed by atoms with Crippen LogP contribution in [-0.2, 0) is 6.54 Å². The summed E-state index contributed by atoms with van der Waals surface area (Å²) in [7, 11) is 0. The lowest BCUT2D eigenvalue weighted by Gasteiger charge is -2.32. The van der Waals surface area contributed by atoms with Gasteiger partial charge in [-0.05, 0) is 50.4 Å². The third kappa shape index (κ3) is 3.91. The Bertz CT molecular complexity index is 479. The maximum absolute atomic E-state index is 11.1. The first kappa shape index (κ1) is 15.2. The van der Waals surface area contributed by atoms with E-state index in [2.05, 4.69) is 4.90 Å². The summed E-state index contributed by atoms with van der Waals surface area (Å²) in [6.07, 6.45) is 3.36. The number of nitrogens with zero attached hydrogens (tertiary/aromatic N) is 2. The molecule has 0 amide bonds. The summed E-state index contributed by atoms with van der Waals surface area (Å²) in [6, 6.07) is 4.90. The number of nitrogens with two attached hydrogens (primary N) is 1. The third-order valence-corrected chi connectivity index (χ3v) is 4.05. The van der Waals surface area contributed by atoms with Gasteiger partial charge in [0.15, 0.2) is 0 Å². The Morgan fingerprint density at radius 2 is 2.30 bits per heavy atom. The molecule has 0 saturated carbocycles. The number of benzene rings is 1. The molecule has 0 spiro atoms. The van der Waals surface area contributed by atoms with Crippen molar-refractivity contribution in [3.63, 3.8) is 0 Å². The van der Waals surface area contributed by atoms with Crippen LogP contribution in [0.15, 0.2) is 18.2 Å². The molecule has 110 valence electrons. The van der Waals surface area contributed by atoms with E-state index in [-0.39, 0.29) is 10.6 Å². The number of piperidine rings is 1. The molecule has 1 unspecified atom stereocenters. The highest BCUT2D eigenvalue weighted by molar-refractivity contribution is 6.30. The second-order valence-corrected chi connectivity index (χ2v) is 5.79. The van der Waals surface area contributed by atoms with E-state index < -0.39 is 0 Å². The van der Waals surface area contributed by atoms with E-state index in [4.69, 9.17) is 17.3 Å². The minimum Gasteiger partial charge on any atom is -0.330 e. The van der Waals surface area contributed by atoms with Crippen LogP contribution < -0.4 is 5.73 Å². The highest BCUT2D eigenvalue weighted by atomic mass is 35.5. The van der Waals surface area contributed by atoms with E-state index in [1.54, 1.807) is 12.1 Å². The first-order valence-electron chi connectivity index (χ1n) is 6.95. The molecule has 0 radical (unpaired) electrons. The highest BCUT2D eigenvalue weighted by Crippen LogP contribution is 2.27. The summed E-state index contributed by atoms with van der Waals surface area (Å²) in [5.41, 5.74) is 6.45. The lowest BCUT2D eigenvalue weighted by molar-refractivity contribution is -0.385. The fourth-order valence-electron chi connectivity index (χ4n) is 2.85. The van der Waals surface area contributed by atoms with Crippen LogP contribution in [0.3, 0.4) is 0 Å². The molecule has 1 aromatic rings. The van der Waals surface area contributed by atoms with Crippen molar-refractivity contribution in [2.45, 2.75) is 25.8 Å². The molecule has 6 heteroatoms. The fourth-order valence-corrected chi connectivity index (χ4v) is 3.01. The van der Waals surface area contributed by atoms with E-state index in [1.807, 2.05) is 0 Å². The molecule has 2 rings (SSSR count). The predicted octanol–water partition coefficient (Wildman–Crippen LogP) is 2.81. The van der Waals surface area contributed by atoms with Crippen LogP contribution in [0.25, 0.3) is 0 Å². The lowest BCUT2D eigenvalue weighted by atomic mass is 9.94. The van der Waals surface area contributed by atoms with Crippen LogP contribution in [0.1, 0.15) is 24.8 Å². The van der Waals surface area contributed by atoms with E-state index in [9.17, 15) is 10.1 Å². The van der Waals surface area contributed by atoms with Gasteiger partial charge in [-0.3, -0.25) is 15.0 Å². The molecule has 1 aromatic carbocycles. The van der Waals surface area contributed by atoms with Gasteiger partial charge in [0, 0.05) is 29.7 Å².